The van der Waals surface area contributed by atoms with Crippen LogP contribution >= 0.6 is 0 Å². The second-order valence-electron chi connectivity index (χ2n) is 5.65. The summed E-state index contributed by atoms with van der Waals surface area (Å²) in [5.41, 5.74) is 5.48. The first-order chi connectivity index (χ1) is 8.90. The van der Waals surface area contributed by atoms with E-state index in [1.165, 1.54) is 6.42 Å². The molecule has 0 aromatic carbocycles. The number of nitrogens with two attached hydrogens (primary N) is 1. The maximum absolute atomic E-state index is 11.0. The fourth-order valence-electron chi connectivity index (χ4n) is 2.56. The van der Waals surface area contributed by atoms with Gasteiger partial charge < -0.3 is 11.1 Å². The van der Waals surface area contributed by atoms with Crippen LogP contribution in [0, 0.1) is 15.5 Å². The molecule has 2 rings (SSSR count). The zero-order chi connectivity index (χ0) is 14.0. The highest BCUT2D eigenvalue weighted by atomic mass is 16.6. The molecule has 0 radical (unpaired) electrons. The highest BCUT2D eigenvalue weighted by Crippen LogP contribution is 2.38. The molecule has 1 aliphatic carbocycles. The summed E-state index contributed by atoms with van der Waals surface area (Å²) in [5.74, 6) is 0.263. The zero-order valence-electron chi connectivity index (χ0n) is 11.2. The van der Waals surface area contributed by atoms with Crippen molar-refractivity contribution in [2.24, 2.45) is 5.41 Å². The number of nitro groups is 1. The quantitative estimate of drug-likeness (QED) is 0.641. The maximum Gasteiger partial charge on any atom is 0.329 e. The van der Waals surface area contributed by atoms with E-state index in [1.807, 2.05) is 0 Å². The molecule has 1 fully saturated rings. The first-order valence-electron chi connectivity index (χ1n) is 6.43. The molecule has 0 amide bonds. The molecule has 7 nitrogen and oxygen atoms in total. The lowest BCUT2D eigenvalue weighted by Crippen LogP contribution is -2.39. The van der Waals surface area contributed by atoms with Crippen LogP contribution in [-0.2, 0) is 0 Å². The van der Waals surface area contributed by atoms with E-state index in [0.29, 0.717) is 0 Å². The van der Waals surface area contributed by atoms with Gasteiger partial charge in [0.25, 0.3) is 0 Å². The number of rotatable bonds is 3. The van der Waals surface area contributed by atoms with Crippen LogP contribution in [0.3, 0.4) is 0 Å². The molecule has 1 unspecified atom stereocenters. The summed E-state index contributed by atoms with van der Waals surface area (Å²) in [6.07, 6.45) is 5.54. The Balaban J connectivity index is 2.27. The van der Waals surface area contributed by atoms with Crippen molar-refractivity contribution in [3.05, 3.63) is 16.3 Å². The highest BCUT2D eigenvalue weighted by molar-refractivity contribution is 5.57. The van der Waals surface area contributed by atoms with Gasteiger partial charge in [0, 0.05) is 6.04 Å². The van der Waals surface area contributed by atoms with Gasteiger partial charge in [0.05, 0.1) is 4.92 Å². The van der Waals surface area contributed by atoms with Gasteiger partial charge >= 0.3 is 5.69 Å². The van der Waals surface area contributed by atoms with Gasteiger partial charge in [-0.25, -0.2) is 4.98 Å². The molecular weight excluding hydrogens is 246 g/mol. The summed E-state index contributed by atoms with van der Waals surface area (Å²) in [5, 5.41) is 14.2. The van der Waals surface area contributed by atoms with Crippen molar-refractivity contribution in [1.29, 1.82) is 0 Å². The summed E-state index contributed by atoms with van der Waals surface area (Å²) >= 11 is 0. The normalized spacial score (nSPS) is 21.9. The molecular formula is C12H19N5O2. The SMILES string of the molecule is CC1(C)CCCCC1Nc1nc(N)ncc1[N+](=O)[O-]. The molecule has 7 heteroatoms. The third kappa shape index (κ3) is 2.91. The van der Waals surface area contributed by atoms with Crippen molar-refractivity contribution >= 4 is 17.5 Å². The molecule has 1 aromatic rings. The van der Waals surface area contributed by atoms with Crippen molar-refractivity contribution in [1.82, 2.24) is 9.97 Å². The van der Waals surface area contributed by atoms with E-state index in [2.05, 4.69) is 29.1 Å². The minimum absolute atomic E-state index is 0.0433. The number of aromatic nitrogens is 2. The summed E-state index contributed by atoms with van der Waals surface area (Å²) in [6.45, 7) is 4.33. The number of hydrogen-bond donors (Lipinski definition) is 2. The minimum Gasteiger partial charge on any atom is -0.368 e. The lowest BCUT2D eigenvalue weighted by atomic mass is 9.73. The Kier molecular flexibility index (Phi) is 3.55. The van der Waals surface area contributed by atoms with Crippen LogP contribution in [0.15, 0.2) is 6.20 Å². The Hall–Kier alpha value is -1.92. The number of nitrogens with zero attached hydrogens (tertiary/aromatic N) is 3. The number of hydrogen-bond acceptors (Lipinski definition) is 6. The number of nitrogen functional groups attached to an aromatic ring is 1. The van der Waals surface area contributed by atoms with Gasteiger partial charge in [0.2, 0.25) is 11.8 Å². The Bertz CT molecular complexity index is 489. The Morgan fingerprint density at radius 3 is 2.89 bits per heavy atom. The molecule has 1 saturated carbocycles. The van der Waals surface area contributed by atoms with Crippen molar-refractivity contribution in [2.45, 2.75) is 45.6 Å². The fourth-order valence-corrected chi connectivity index (χ4v) is 2.56. The van der Waals surface area contributed by atoms with Crippen LogP contribution in [0.1, 0.15) is 39.5 Å². The molecule has 1 atom stereocenters. The molecule has 104 valence electrons. The van der Waals surface area contributed by atoms with Crippen LogP contribution in [-0.4, -0.2) is 20.9 Å². The molecule has 0 bridgehead atoms. The van der Waals surface area contributed by atoms with E-state index < -0.39 is 4.92 Å². The van der Waals surface area contributed by atoms with Gasteiger partial charge in [-0.1, -0.05) is 26.7 Å². The van der Waals surface area contributed by atoms with Gasteiger partial charge in [-0.15, -0.1) is 0 Å². The first kappa shape index (κ1) is 13.5. The van der Waals surface area contributed by atoms with E-state index in [4.69, 9.17) is 5.73 Å². The van der Waals surface area contributed by atoms with E-state index in [-0.39, 0.29) is 28.9 Å². The Morgan fingerprint density at radius 1 is 1.53 bits per heavy atom. The summed E-state index contributed by atoms with van der Waals surface area (Å²) in [4.78, 5) is 18.1. The van der Waals surface area contributed by atoms with Crippen molar-refractivity contribution in [3.8, 4) is 0 Å². The monoisotopic (exact) mass is 265 g/mol. The zero-order valence-corrected chi connectivity index (χ0v) is 11.2. The maximum atomic E-state index is 11.0. The minimum atomic E-state index is -0.488. The van der Waals surface area contributed by atoms with Gasteiger partial charge in [-0.2, -0.15) is 4.98 Å². The molecule has 19 heavy (non-hydrogen) atoms. The van der Waals surface area contributed by atoms with Gasteiger partial charge in [0.15, 0.2) is 0 Å². The topological polar surface area (TPSA) is 107 Å². The average molecular weight is 265 g/mol. The van der Waals surface area contributed by atoms with Crippen LogP contribution < -0.4 is 11.1 Å². The van der Waals surface area contributed by atoms with E-state index in [1.54, 1.807) is 0 Å². The van der Waals surface area contributed by atoms with Crippen molar-refractivity contribution in [2.75, 3.05) is 11.1 Å². The number of nitrogens with one attached hydrogen (secondary N) is 1. The summed E-state index contributed by atoms with van der Waals surface area (Å²) < 4.78 is 0. The van der Waals surface area contributed by atoms with E-state index >= 15 is 0 Å². The molecule has 0 saturated heterocycles. The first-order valence-corrected chi connectivity index (χ1v) is 6.43. The third-order valence-electron chi connectivity index (χ3n) is 3.80. The van der Waals surface area contributed by atoms with Crippen LogP contribution in [0.2, 0.25) is 0 Å². The summed E-state index contributed by atoms with van der Waals surface area (Å²) in [7, 11) is 0. The fraction of sp³-hybridized carbons (Fsp3) is 0.667. The van der Waals surface area contributed by atoms with Crippen molar-refractivity contribution < 1.29 is 4.92 Å². The van der Waals surface area contributed by atoms with Gasteiger partial charge in [-0.05, 0) is 18.3 Å². The third-order valence-corrected chi connectivity index (χ3v) is 3.80. The van der Waals surface area contributed by atoms with Gasteiger partial charge in [0.1, 0.15) is 6.20 Å². The lowest BCUT2D eigenvalue weighted by molar-refractivity contribution is -0.384. The van der Waals surface area contributed by atoms with Gasteiger partial charge in [-0.3, -0.25) is 10.1 Å². The van der Waals surface area contributed by atoms with Crippen molar-refractivity contribution in [3.63, 3.8) is 0 Å². The lowest BCUT2D eigenvalue weighted by Gasteiger charge is -2.39. The average Bonchev–Trinajstić information content (AvgIpc) is 2.31. The summed E-state index contributed by atoms with van der Waals surface area (Å²) in [6, 6.07) is 0.161. The van der Waals surface area contributed by atoms with Crippen LogP contribution in [0.5, 0.6) is 0 Å². The molecule has 3 N–H and O–H groups in total. The predicted octanol–water partition coefficient (Wildman–Crippen LogP) is 2.35. The number of anilines is 2. The molecule has 0 aliphatic heterocycles. The predicted molar refractivity (Wildman–Crippen MR) is 72.8 cm³/mol. The Labute approximate surface area is 111 Å². The second-order valence-corrected chi connectivity index (χ2v) is 5.65. The second kappa shape index (κ2) is 4.99. The largest absolute Gasteiger partial charge is 0.368 e. The molecule has 0 spiro atoms. The molecule has 1 aliphatic rings. The standard InChI is InChI=1S/C12H19N5O2/c1-12(2)6-4-3-5-9(12)15-10-8(17(18)19)7-14-11(13)16-10/h7,9H,3-6H2,1-2H3,(H3,13,14,15,16). The van der Waals surface area contributed by atoms with E-state index in [0.717, 1.165) is 25.5 Å². The Morgan fingerprint density at radius 2 is 2.26 bits per heavy atom. The van der Waals surface area contributed by atoms with Crippen LogP contribution in [0.4, 0.5) is 17.5 Å². The molecule has 1 aromatic heterocycles. The van der Waals surface area contributed by atoms with Crippen LogP contribution in [0.25, 0.3) is 0 Å². The van der Waals surface area contributed by atoms with E-state index in [9.17, 15) is 10.1 Å². The molecule has 1 heterocycles. The highest BCUT2D eigenvalue weighted by Gasteiger charge is 2.33. The smallest absolute Gasteiger partial charge is 0.329 e.